The molecule has 0 aromatic rings. The Hall–Kier alpha value is -0.520. The highest BCUT2D eigenvalue weighted by molar-refractivity contribution is 5.19. The van der Waals surface area contributed by atoms with Crippen molar-refractivity contribution in [3.8, 4) is 0 Å². The first kappa shape index (κ1) is 7.59. The SMILES string of the molecule is [CH]=CC(CCC)C1=CCC1. The quantitative estimate of drug-likeness (QED) is 0.519. The molecule has 1 unspecified atom stereocenters. The van der Waals surface area contributed by atoms with Crippen LogP contribution in [0.3, 0.4) is 0 Å². The van der Waals surface area contributed by atoms with Crippen LogP contribution in [-0.2, 0) is 0 Å². The van der Waals surface area contributed by atoms with Crippen molar-refractivity contribution >= 4 is 0 Å². The van der Waals surface area contributed by atoms with E-state index in [4.69, 9.17) is 6.58 Å². The van der Waals surface area contributed by atoms with E-state index >= 15 is 0 Å². The Morgan fingerprint density at radius 1 is 1.80 bits per heavy atom. The highest BCUT2D eigenvalue weighted by Gasteiger charge is 2.13. The fraction of sp³-hybridized carbons (Fsp3) is 0.600. The molecular formula is C10H15. The van der Waals surface area contributed by atoms with Crippen molar-refractivity contribution < 1.29 is 0 Å². The molecule has 0 spiro atoms. The molecule has 0 aromatic carbocycles. The highest BCUT2D eigenvalue weighted by atomic mass is 14.2. The molecule has 0 bridgehead atoms. The van der Waals surface area contributed by atoms with Crippen molar-refractivity contribution in [2.75, 3.05) is 0 Å². The van der Waals surface area contributed by atoms with Crippen molar-refractivity contribution in [1.82, 2.24) is 0 Å². The van der Waals surface area contributed by atoms with E-state index < -0.39 is 0 Å². The van der Waals surface area contributed by atoms with Crippen LogP contribution in [0.2, 0.25) is 0 Å². The van der Waals surface area contributed by atoms with Crippen LogP contribution in [0.25, 0.3) is 0 Å². The number of hydrogen-bond acceptors (Lipinski definition) is 0. The summed E-state index contributed by atoms with van der Waals surface area (Å²) >= 11 is 0. The largest absolute Gasteiger partial charge is 0.0844 e. The van der Waals surface area contributed by atoms with Gasteiger partial charge in [-0.25, -0.2) is 0 Å². The van der Waals surface area contributed by atoms with E-state index in [1.54, 1.807) is 5.57 Å². The van der Waals surface area contributed by atoms with Gasteiger partial charge in [0.15, 0.2) is 0 Å². The second-order valence-corrected chi connectivity index (χ2v) is 2.91. The summed E-state index contributed by atoms with van der Waals surface area (Å²) in [7, 11) is 0. The lowest BCUT2D eigenvalue weighted by Gasteiger charge is -2.21. The molecule has 0 heteroatoms. The number of hydrogen-bond donors (Lipinski definition) is 0. The third kappa shape index (κ3) is 1.50. The fourth-order valence-electron chi connectivity index (χ4n) is 1.36. The van der Waals surface area contributed by atoms with Crippen LogP contribution in [0.1, 0.15) is 32.6 Å². The van der Waals surface area contributed by atoms with Gasteiger partial charge in [-0.3, -0.25) is 0 Å². The maximum Gasteiger partial charge on any atom is -0.00202 e. The van der Waals surface area contributed by atoms with Gasteiger partial charge >= 0.3 is 0 Å². The first-order chi connectivity index (χ1) is 4.88. The van der Waals surface area contributed by atoms with E-state index in [1.807, 2.05) is 6.08 Å². The van der Waals surface area contributed by atoms with E-state index in [0.717, 1.165) is 0 Å². The highest BCUT2D eigenvalue weighted by Crippen LogP contribution is 2.29. The zero-order valence-corrected chi connectivity index (χ0v) is 6.64. The van der Waals surface area contributed by atoms with Crippen molar-refractivity contribution in [2.24, 2.45) is 5.92 Å². The van der Waals surface area contributed by atoms with E-state index in [2.05, 4.69) is 13.0 Å². The summed E-state index contributed by atoms with van der Waals surface area (Å²) in [5, 5.41) is 0. The maximum atomic E-state index is 5.50. The minimum Gasteiger partial charge on any atom is -0.0844 e. The van der Waals surface area contributed by atoms with Gasteiger partial charge in [0, 0.05) is 0 Å². The van der Waals surface area contributed by atoms with E-state index in [9.17, 15) is 0 Å². The molecule has 1 atom stereocenters. The minimum absolute atomic E-state index is 0.582. The third-order valence-corrected chi connectivity index (χ3v) is 2.15. The van der Waals surface area contributed by atoms with Crippen LogP contribution in [0.15, 0.2) is 17.7 Å². The van der Waals surface area contributed by atoms with Crippen molar-refractivity contribution in [3.05, 3.63) is 24.3 Å². The monoisotopic (exact) mass is 135 g/mol. The lowest BCUT2D eigenvalue weighted by Crippen LogP contribution is -2.06. The average Bonchev–Trinajstić information content (AvgIpc) is 1.83. The molecule has 0 aliphatic heterocycles. The number of rotatable bonds is 4. The molecule has 0 nitrogen and oxygen atoms in total. The Balaban J connectivity index is 2.39. The summed E-state index contributed by atoms with van der Waals surface area (Å²) in [4.78, 5) is 0. The molecule has 0 amide bonds. The molecule has 1 aliphatic rings. The van der Waals surface area contributed by atoms with E-state index in [-0.39, 0.29) is 0 Å². The molecule has 10 heavy (non-hydrogen) atoms. The summed E-state index contributed by atoms with van der Waals surface area (Å²) in [6, 6.07) is 0. The molecule has 55 valence electrons. The van der Waals surface area contributed by atoms with E-state index in [1.165, 1.54) is 25.7 Å². The molecule has 0 saturated heterocycles. The fourth-order valence-corrected chi connectivity index (χ4v) is 1.36. The topological polar surface area (TPSA) is 0 Å². The molecule has 1 aliphatic carbocycles. The van der Waals surface area contributed by atoms with Gasteiger partial charge < -0.3 is 0 Å². The van der Waals surface area contributed by atoms with Gasteiger partial charge in [0.1, 0.15) is 0 Å². The van der Waals surface area contributed by atoms with Crippen LogP contribution in [0, 0.1) is 12.5 Å². The van der Waals surface area contributed by atoms with Gasteiger partial charge in [0.25, 0.3) is 0 Å². The standard InChI is InChI=1S/C10H15/c1-3-6-9(4-2)10-7-5-8-10/h2,4,7,9H,3,5-6,8H2,1H3. The van der Waals surface area contributed by atoms with Crippen molar-refractivity contribution in [3.63, 3.8) is 0 Å². The van der Waals surface area contributed by atoms with Crippen molar-refractivity contribution in [1.29, 1.82) is 0 Å². The van der Waals surface area contributed by atoms with Gasteiger partial charge in [-0.1, -0.05) is 37.6 Å². The molecule has 0 fully saturated rings. The Bertz CT molecular complexity index is 142. The molecule has 0 aromatic heterocycles. The normalized spacial score (nSPS) is 19.1. The molecule has 0 saturated carbocycles. The summed E-state index contributed by atoms with van der Waals surface area (Å²) in [5.74, 6) is 0.582. The molecule has 1 radical (unpaired) electrons. The van der Waals surface area contributed by atoms with Gasteiger partial charge in [0.05, 0.1) is 0 Å². The average molecular weight is 135 g/mol. The van der Waals surface area contributed by atoms with E-state index in [0.29, 0.717) is 5.92 Å². The lowest BCUT2D eigenvalue weighted by molar-refractivity contribution is 0.604. The Morgan fingerprint density at radius 2 is 2.50 bits per heavy atom. The van der Waals surface area contributed by atoms with Gasteiger partial charge in [0.2, 0.25) is 0 Å². The zero-order valence-electron chi connectivity index (χ0n) is 6.64. The second-order valence-electron chi connectivity index (χ2n) is 2.91. The molecular weight excluding hydrogens is 120 g/mol. The van der Waals surface area contributed by atoms with Crippen LogP contribution in [0.4, 0.5) is 0 Å². The summed E-state index contributed by atoms with van der Waals surface area (Å²) in [6.07, 6.45) is 9.15. The Labute approximate surface area is 63.6 Å². The predicted octanol–water partition coefficient (Wildman–Crippen LogP) is 3.11. The first-order valence-electron chi connectivity index (χ1n) is 4.12. The predicted molar refractivity (Wildman–Crippen MR) is 44.6 cm³/mol. The summed E-state index contributed by atoms with van der Waals surface area (Å²) in [6.45, 7) is 7.71. The number of allylic oxidation sites excluding steroid dienone is 3. The molecule has 0 heterocycles. The maximum absolute atomic E-state index is 5.50. The Morgan fingerprint density at radius 3 is 2.80 bits per heavy atom. The summed E-state index contributed by atoms with van der Waals surface area (Å²) in [5.41, 5.74) is 1.56. The third-order valence-electron chi connectivity index (χ3n) is 2.15. The van der Waals surface area contributed by atoms with Crippen LogP contribution in [-0.4, -0.2) is 0 Å². The second kappa shape index (κ2) is 3.60. The molecule has 0 N–H and O–H groups in total. The lowest BCUT2D eigenvalue weighted by atomic mass is 9.84. The smallest absolute Gasteiger partial charge is 0.00202 e. The first-order valence-corrected chi connectivity index (χ1v) is 4.12. The van der Waals surface area contributed by atoms with Gasteiger partial charge in [-0.05, 0) is 25.2 Å². The zero-order chi connectivity index (χ0) is 7.40. The van der Waals surface area contributed by atoms with Gasteiger partial charge in [-0.15, -0.1) is 0 Å². The van der Waals surface area contributed by atoms with Crippen LogP contribution < -0.4 is 0 Å². The van der Waals surface area contributed by atoms with Crippen LogP contribution >= 0.6 is 0 Å². The molecule has 1 rings (SSSR count). The van der Waals surface area contributed by atoms with Crippen molar-refractivity contribution in [2.45, 2.75) is 32.6 Å². The Kier molecular flexibility index (Phi) is 2.73. The van der Waals surface area contributed by atoms with Gasteiger partial charge in [-0.2, -0.15) is 0 Å². The minimum atomic E-state index is 0.582. The summed E-state index contributed by atoms with van der Waals surface area (Å²) < 4.78 is 0. The van der Waals surface area contributed by atoms with Crippen LogP contribution in [0.5, 0.6) is 0 Å².